The molecule has 0 N–H and O–H groups in total. The monoisotopic (exact) mass is 356 g/mol. The van der Waals surface area contributed by atoms with Crippen LogP contribution >= 0.6 is 0 Å². The average molecular weight is 356 g/mol. The van der Waals surface area contributed by atoms with Crippen LogP contribution in [0.3, 0.4) is 0 Å². The molecule has 1 aromatic rings. The predicted octanol–water partition coefficient (Wildman–Crippen LogP) is 3.05. The normalized spacial score (nSPS) is 26.6. The Morgan fingerprint density at radius 1 is 0.846 bits per heavy atom. The minimum Gasteiger partial charge on any atom is -0.399 e. The maximum atomic E-state index is 6.16. The van der Waals surface area contributed by atoms with E-state index < -0.39 is 0 Å². The van der Waals surface area contributed by atoms with Crippen LogP contribution in [0.4, 0.5) is 5.69 Å². The number of hydrogen-bond donors (Lipinski definition) is 0. The van der Waals surface area contributed by atoms with Gasteiger partial charge in [-0.25, -0.2) is 0 Å². The van der Waals surface area contributed by atoms with E-state index in [0.717, 1.165) is 24.6 Å². The van der Waals surface area contributed by atoms with Crippen LogP contribution in [0.1, 0.15) is 53.4 Å². The van der Waals surface area contributed by atoms with E-state index in [0.29, 0.717) is 0 Å². The van der Waals surface area contributed by atoms with Crippen LogP contribution in [0, 0.1) is 0 Å². The molecule has 0 aromatic heterocycles. The zero-order chi connectivity index (χ0) is 18.4. The maximum absolute atomic E-state index is 6.16. The summed E-state index contributed by atoms with van der Waals surface area (Å²) in [6.07, 6.45) is 5.65. The van der Waals surface area contributed by atoms with Gasteiger partial charge in [0.15, 0.2) is 0 Å². The van der Waals surface area contributed by atoms with E-state index in [2.05, 4.69) is 61.8 Å². The third-order valence-electron chi connectivity index (χ3n) is 6.94. The van der Waals surface area contributed by atoms with Crippen LogP contribution in [0.5, 0.6) is 0 Å². The molecule has 1 aromatic carbocycles. The van der Waals surface area contributed by atoms with Crippen molar-refractivity contribution in [1.82, 2.24) is 4.90 Å². The summed E-state index contributed by atoms with van der Waals surface area (Å²) in [5, 5.41) is 0. The second kappa shape index (κ2) is 6.85. The van der Waals surface area contributed by atoms with Crippen LogP contribution in [-0.4, -0.2) is 55.4 Å². The molecule has 2 saturated heterocycles. The molecule has 0 bridgehead atoms. The highest BCUT2D eigenvalue weighted by molar-refractivity contribution is 6.62. The van der Waals surface area contributed by atoms with Gasteiger partial charge in [-0.2, -0.15) is 0 Å². The van der Waals surface area contributed by atoms with E-state index in [4.69, 9.17) is 9.31 Å². The summed E-state index contributed by atoms with van der Waals surface area (Å²) in [5.74, 6) is 0. The van der Waals surface area contributed by atoms with Crippen LogP contribution in [0.2, 0.25) is 0 Å². The smallest absolute Gasteiger partial charge is 0.399 e. The van der Waals surface area contributed by atoms with E-state index >= 15 is 0 Å². The van der Waals surface area contributed by atoms with Gasteiger partial charge in [-0.3, -0.25) is 4.90 Å². The van der Waals surface area contributed by atoms with Crippen molar-refractivity contribution >= 4 is 18.3 Å². The number of hydrogen-bond acceptors (Lipinski definition) is 4. The molecule has 0 atom stereocenters. The average Bonchev–Trinajstić information content (AvgIpc) is 3.22. The first-order chi connectivity index (χ1) is 12.4. The highest BCUT2D eigenvalue weighted by Crippen LogP contribution is 2.36. The lowest BCUT2D eigenvalue weighted by molar-refractivity contribution is 0.00578. The van der Waals surface area contributed by atoms with Crippen molar-refractivity contribution in [2.45, 2.75) is 70.6 Å². The van der Waals surface area contributed by atoms with Gasteiger partial charge < -0.3 is 14.2 Å². The molecule has 2 heterocycles. The van der Waals surface area contributed by atoms with Crippen LogP contribution in [0.25, 0.3) is 0 Å². The van der Waals surface area contributed by atoms with Gasteiger partial charge in [0.05, 0.1) is 11.2 Å². The molecular formula is C21H33BN2O2. The van der Waals surface area contributed by atoms with Gasteiger partial charge in [-0.1, -0.05) is 25.0 Å². The molecule has 3 fully saturated rings. The van der Waals surface area contributed by atoms with Gasteiger partial charge in [0, 0.05) is 37.9 Å². The third kappa shape index (κ3) is 3.41. The number of piperazine rings is 1. The van der Waals surface area contributed by atoms with Gasteiger partial charge >= 0.3 is 7.12 Å². The zero-order valence-corrected chi connectivity index (χ0v) is 16.8. The fourth-order valence-electron chi connectivity index (χ4n) is 4.44. The molecule has 0 spiro atoms. The summed E-state index contributed by atoms with van der Waals surface area (Å²) in [4.78, 5) is 5.22. The molecule has 0 amide bonds. The molecule has 1 saturated carbocycles. The predicted molar refractivity (Wildman–Crippen MR) is 108 cm³/mol. The Bertz CT molecular complexity index is 601. The lowest BCUT2D eigenvalue weighted by Gasteiger charge is -2.39. The summed E-state index contributed by atoms with van der Waals surface area (Å²) in [7, 11) is -0.270. The topological polar surface area (TPSA) is 24.9 Å². The van der Waals surface area contributed by atoms with Gasteiger partial charge in [-0.05, 0) is 58.1 Å². The van der Waals surface area contributed by atoms with E-state index in [1.807, 2.05) is 0 Å². The number of benzene rings is 1. The first kappa shape index (κ1) is 18.3. The Kier molecular flexibility index (Phi) is 4.83. The Hall–Kier alpha value is -1.04. The number of nitrogens with zero attached hydrogens (tertiary/aromatic N) is 2. The minimum absolute atomic E-state index is 0.270. The molecular weight excluding hydrogens is 323 g/mol. The van der Waals surface area contributed by atoms with E-state index in [1.54, 1.807) is 0 Å². The quantitative estimate of drug-likeness (QED) is 0.778. The maximum Gasteiger partial charge on any atom is 0.494 e. The van der Waals surface area contributed by atoms with Crippen LogP contribution in [-0.2, 0) is 9.31 Å². The zero-order valence-electron chi connectivity index (χ0n) is 16.8. The largest absolute Gasteiger partial charge is 0.494 e. The molecule has 0 unspecified atom stereocenters. The Morgan fingerprint density at radius 3 is 1.92 bits per heavy atom. The summed E-state index contributed by atoms with van der Waals surface area (Å²) >= 11 is 0. The van der Waals surface area contributed by atoms with Gasteiger partial charge in [0.2, 0.25) is 0 Å². The fourth-order valence-corrected chi connectivity index (χ4v) is 4.44. The molecule has 142 valence electrons. The van der Waals surface area contributed by atoms with Crippen LogP contribution in [0.15, 0.2) is 24.3 Å². The number of anilines is 1. The lowest BCUT2D eigenvalue weighted by Crippen LogP contribution is -2.49. The standard InChI is InChI=1S/C21H33BN2O2/c1-20(2)21(3,4)26-22(25-20)17-9-11-19(12-10-17)24-15-13-23(14-16-24)18-7-5-6-8-18/h9-12,18H,5-8,13-16H2,1-4H3. The van der Waals surface area contributed by atoms with Gasteiger partial charge in [0.1, 0.15) is 0 Å². The summed E-state index contributed by atoms with van der Waals surface area (Å²) in [6.45, 7) is 13.1. The van der Waals surface area contributed by atoms with Crippen molar-refractivity contribution in [1.29, 1.82) is 0 Å². The first-order valence-electron chi connectivity index (χ1n) is 10.3. The Balaban J connectivity index is 1.37. The molecule has 3 aliphatic rings. The van der Waals surface area contributed by atoms with Gasteiger partial charge in [-0.15, -0.1) is 0 Å². The summed E-state index contributed by atoms with van der Waals surface area (Å²) in [5.41, 5.74) is 1.85. The van der Waals surface area contributed by atoms with Crippen molar-refractivity contribution in [3.05, 3.63) is 24.3 Å². The third-order valence-corrected chi connectivity index (χ3v) is 6.94. The van der Waals surface area contributed by atoms with Crippen molar-refractivity contribution in [2.75, 3.05) is 31.1 Å². The molecule has 5 heteroatoms. The highest BCUT2D eigenvalue weighted by Gasteiger charge is 2.51. The second-order valence-electron chi connectivity index (χ2n) is 9.14. The van der Waals surface area contributed by atoms with Crippen molar-refractivity contribution in [3.63, 3.8) is 0 Å². The summed E-state index contributed by atoms with van der Waals surface area (Å²) < 4.78 is 12.3. The molecule has 1 aliphatic carbocycles. The molecule has 4 nitrogen and oxygen atoms in total. The molecule has 2 aliphatic heterocycles. The Labute approximate surface area is 159 Å². The lowest BCUT2D eigenvalue weighted by atomic mass is 9.79. The molecule has 4 rings (SSSR count). The fraction of sp³-hybridized carbons (Fsp3) is 0.714. The van der Waals surface area contributed by atoms with Crippen molar-refractivity contribution in [2.24, 2.45) is 0 Å². The number of rotatable bonds is 3. The SMILES string of the molecule is CC1(C)OB(c2ccc(N3CCN(C4CCCC4)CC3)cc2)OC1(C)C. The highest BCUT2D eigenvalue weighted by atomic mass is 16.7. The first-order valence-corrected chi connectivity index (χ1v) is 10.3. The van der Waals surface area contributed by atoms with Crippen molar-refractivity contribution < 1.29 is 9.31 Å². The second-order valence-corrected chi connectivity index (χ2v) is 9.14. The molecule has 26 heavy (non-hydrogen) atoms. The van der Waals surface area contributed by atoms with E-state index in [9.17, 15) is 0 Å². The molecule has 0 radical (unpaired) electrons. The van der Waals surface area contributed by atoms with E-state index in [1.165, 1.54) is 44.5 Å². The minimum atomic E-state index is -0.285. The van der Waals surface area contributed by atoms with Crippen molar-refractivity contribution in [3.8, 4) is 0 Å². The van der Waals surface area contributed by atoms with E-state index in [-0.39, 0.29) is 18.3 Å². The van der Waals surface area contributed by atoms with Gasteiger partial charge in [0.25, 0.3) is 0 Å². The summed E-state index contributed by atoms with van der Waals surface area (Å²) in [6, 6.07) is 9.64. The van der Waals surface area contributed by atoms with Crippen LogP contribution < -0.4 is 10.4 Å². The Morgan fingerprint density at radius 2 is 1.38 bits per heavy atom.